The van der Waals surface area contributed by atoms with E-state index in [0.717, 1.165) is 0 Å². The van der Waals surface area contributed by atoms with Gasteiger partial charge in [0.25, 0.3) is 0 Å². The highest BCUT2D eigenvalue weighted by Crippen LogP contribution is 2.46. The highest BCUT2D eigenvalue weighted by molar-refractivity contribution is 6.32. The van der Waals surface area contributed by atoms with Crippen LogP contribution in [0.5, 0.6) is 17.2 Å². The van der Waals surface area contributed by atoms with E-state index in [2.05, 4.69) is 0 Å². The van der Waals surface area contributed by atoms with E-state index in [9.17, 15) is 34.8 Å². The fraction of sp³-hybridized carbons (Fsp3) is 0.432. The van der Waals surface area contributed by atoms with Crippen molar-refractivity contribution in [2.75, 3.05) is 0 Å². The van der Waals surface area contributed by atoms with Gasteiger partial charge in [0.05, 0.1) is 41.6 Å². The summed E-state index contributed by atoms with van der Waals surface area (Å²) in [6.45, 7) is 6.98. The number of phenolic OH excluding ortho intramolecular Hbond substituents is 3. The minimum Gasteiger partial charge on any atom is -0.507 e. The number of fused-ring (bicyclic) bond motifs is 3. The van der Waals surface area contributed by atoms with Crippen molar-refractivity contribution >= 4 is 28.1 Å². The minimum absolute atomic E-state index is 0.0228. The van der Waals surface area contributed by atoms with Crippen LogP contribution in [0.25, 0.3) is 10.8 Å². The molecular weight excluding hydrogens is 636 g/mol. The maximum absolute atomic E-state index is 13.8. The number of aliphatic hydroxyl groups is 1. The molecule has 3 aromatic rings. The molecular formula is C37H38O12. The maximum Gasteiger partial charge on any atom is 0.198 e. The Kier molecular flexibility index (Phi) is 8.58. The number of hydrogen-bond acceptors (Lipinski definition) is 12. The van der Waals surface area contributed by atoms with Crippen molar-refractivity contribution in [1.82, 2.24) is 0 Å². The Morgan fingerprint density at radius 1 is 0.796 bits per heavy atom. The summed E-state index contributed by atoms with van der Waals surface area (Å²) in [6.07, 6.45) is -1.67. The van der Waals surface area contributed by atoms with Crippen LogP contribution in [0, 0.1) is 6.92 Å². The zero-order chi connectivity index (χ0) is 34.9. The monoisotopic (exact) mass is 674 g/mol. The van der Waals surface area contributed by atoms with E-state index in [0.29, 0.717) is 18.4 Å². The summed E-state index contributed by atoms with van der Waals surface area (Å²) < 4.78 is 30.1. The molecule has 258 valence electrons. The molecule has 0 radical (unpaired) electrons. The zero-order valence-electron chi connectivity index (χ0n) is 27.4. The third-order valence-corrected chi connectivity index (χ3v) is 9.88. The molecule has 49 heavy (non-hydrogen) atoms. The third-order valence-electron chi connectivity index (χ3n) is 9.88. The Bertz CT molecular complexity index is 1890. The average Bonchev–Trinajstić information content (AvgIpc) is 3.04. The van der Waals surface area contributed by atoms with Gasteiger partial charge in [-0.25, -0.2) is 0 Å². The van der Waals surface area contributed by atoms with E-state index in [-0.39, 0.29) is 68.8 Å². The second-order valence-corrected chi connectivity index (χ2v) is 13.3. The van der Waals surface area contributed by atoms with Crippen molar-refractivity contribution in [1.29, 1.82) is 0 Å². The molecule has 0 bridgehead atoms. The second kappa shape index (κ2) is 12.6. The Balaban J connectivity index is 1.05. The molecule has 0 unspecified atom stereocenters. The zero-order valence-corrected chi connectivity index (χ0v) is 27.4. The number of rotatable bonds is 5. The molecule has 3 aromatic carbocycles. The lowest BCUT2D eigenvalue weighted by Crippen LogP contribution is -2.50. The van der Waals surface area contributed by atoms with E-state index in [1.807, 2.05) is 6.92 Å². The van der Waals surface area contributed by atoms with Gasteiger partial charge in [-0.05, 0) is 76.1 Å². The van der Waals surface area contributed by atoms with Gasteiger partial charge in [0.2, 0.25) is 0 Å². The van der Waals surface area contributed by atoms with Crippen LogP contribution in [-0.2, 0) is 28.5 Å². The molecule has 0 amide bonds. The lowest BCUT2D eigenvalue weighted by atomic mass is 9.79. The number of ether oxygens (including phenoxy) is 5. The summed E-state index contributed by atoms with van der Waals surface area (Å²) in [6, 6.07) is 7.35. The van der Waals surface area contributed by atoms with Gasteiger partial charge in [-0.3, -0.25) is 14.4 Å². The summed E-state index contributed by atoms with van der Waals surface area (Å²) in [4.78, 5) is 39.1. The van der Waals surface area contributed by atoms with Crippen molar-refractivity contribution < 1.29 is 58.5 Å². The number of ketones is 3. The van der Waals surface area contributed by atoms with Gasteiger partial charge in [0.15, 0.2) is 29.9 Å². The molecule has 3 heterocycles. The lowest BCUT2D eigenvalue weighted by Gasteiger charge is -2.42. The molecule has 3 aliphatic heterocycles. The Labute approximate surface area is 281 Å². The molecule has 0 spiro atoms. The number of phenols is 3. The van der Waals surface area contributed by atoms with Crippen molar-refractivity contribution in [3.8, 4) is 17.2 Å². The van der Waals surface area contributed by atoms with E-state index in [1.165, 1.54) is 30.3 Å². The number of benzene rings is 3. The standard InChI is InChI=1S/C37H38O12/c1-15-11-22-21(25(39)12-15)13-23-32(35(22)43)34(42)20-6-5-19(33(41)31(20)36(23)44)28-14-26(40)37(18(4)45-28)49-30-10-8-27(17(3)47-30)48-29-9-7-24(38)16(2)46-29/h5-7,9,11-13,16-18,26-30,37,39-41,43H,8,10,14H2,1-4H3/t16-,17-,18+,26+,27-,28+,29-,30-,37+/m0/s1. The van der Waals surface area contributed by atoms with E-state index < -0.39 is 66.2 Å². The fourth-order valence-corrected chi connectivity index (χ4v) is 7.29. The normalized spacial score (nSPS) is 31.5. The lowest BCUT2D eigenvalue weighted by molar-refractivity contribution is -0.292. The van der Waals surface area contributed by atoms with Crippen LogP contribution in [0.1, 0.15) is 89.1 Å². The van der Waals surface area contributed by atoms with Gasteiger partial charge in [-0.2, -0.15) is 0 Å². The first-order chi connectivity index (χ1) is 23.3. The van der Waals surface area contributed by atoms with Crippen molar-refractivity contribution in [3.05, 3.63) is 75.9 Å². The van der Waals surface area contributed by atoms with Crippen LogP contribution in [0.4, 0.5) is 0 Å². The molecule has 2 fully saturated rings. The molecule has 4 aliphatic rings. The van der Waals surface area contributed by atoms with Gasteiger partial charge in [0, 0.05) is 40.3 Å². The topological polar surface area (TPSA) is 178 Å². The summed E-state index contributed by atoms with van der Waals surface area (Å²) in [5.74, 6) is -2.47. The quantitative estimate of drug-likeness (QED) is 0.235. The summed E-state index contributed by atoms with van der Waals surface area (Å²) in [5.41, 5.74) is 0.238. The van der Waals surface area contributed by atoms with Gasteiger partial charge in [-0.15, -0.1) is 0 Å². The van der Waals surface area contributed by atoms with Crippen LogP contribution in [0.3, 0.4) is 0 Å². The van der Waals surface area contributed by atoms with Crippen LogP contribution < -0.4 is 0 Å². The molecule has 12 heteroatoms. The SMILES string of the molecule is Cc1cc(O)c2cc3c(c(O)c2c1)C(=O)c1ccc([C@H]2C[C@@H](O)[C@H](O[C@H]4CC[C@H](O[C@H]5C=CC(=O)[C@H](C)O5)[C@H](C)O4)[C@@H](C)O2)c(O)c1C3=O. The fourth-order valence-electron chi connectivity index (χ4n) is 7.29. The summed E-state index contributed by atoms with van der Waals surface area (Å²) in [5, 5.41) is 44.7. The molecule has 0 saturated carbocycles. The smallest absolute Gasteiger partial charge is 0.198 e. The second-order valence-electron chi connectivity index (χ2n) is 13.3. The molecule has 9 atom stereocenters. The summed E-state index contributed by atoms with van der Waals surface area (Å²) >= 11 is 0. The van der Waals surface area contributed by atoms with Gasteiger partial charge >= 0.3 is 0 Å². The first-order valence-corrected chi connectivity index (χ1v) is 16.4. The van der Waals surface area contributed by atoms with Gasteiger partial charge in [-0.1, -0.05) is 6.07 Å². The van der Waals surface area contributed by atoms with Crippen molar-refractivity contribution in [3.63, 3.8) is 0 Å². The number of aromatic hydroxyl groups is 3. The number of carbonyl (C=O) groups is 3. The molecule has 4 N–H and O–H groups in total. The summed E-state index contributed by atoms with van der Waals surface area (Å²) in [7, 11) is 0. The highest BCUT2D eigenvalue weighted by atomic mass is 16.7. The third kappa shape index (κ3) is 5.82. The van der Waals surface area contributed by atoms with E-state index >= 15 is 0 Å². The predicted octanol–water partition coefficient (Wildman–Crippen LogP) is 4.42. The van der Waals surface area contributed by atoms with E-state index in [4.69, 9.17) is 23.7 Å². The molecule has 2 saturated heterocycles. The first kappa shape index (κ1) is 33.3. The average molecular weight is 675 g/mol. The Hall–Kier alpha value is -4.17. The number of hydrogen-bond donors (Lipinski definition) is 4. The number of carbonyl (C=O) groups excluding carboxylic acids is 3. The van der Waals surface area contributed by atoms with Gasteiger partial charge < -0.3 is 44.1 Å². The molecule has 1 aliphatic carbocycles. The van der Waals surface area contributed by atoms with E-state index in [1.54, 1.807) is 32.9 Å². The predicted molar refractivity (Wildman–Crippen MR) is 173 cm³/mol. The highest BCUT2D eigenvalue weighted by Gasteiger charge is 2.43. The largest absolute Gasteiger partial charge is 0.507 e. The number of aliphatic hydroxyl groups excluding tert-OH is 1. The number of aryl methyl sites for hydroxylation is 1. The van der Waals surface area contributed by atoms with Crippen molar-refractivity contribution in [2.45, 2.75) is 102 Å². The minimum atomic E-state index is -1.02. The van der Waals surface area contributed by atoms with Crippen LogP contribution in [0.2, 0.25) is 0 Å². The van der Waals surface area contributed by atoms with Crippen molar-refractivity contribution in [2.24, 2.45) is 0 Å². The maximum atomic E-state index is 13.8. The van der Waals surface area contributed by atoms with Crippen LogP contribution in [-0.4, -0.2) is 87.0 Å². The molecule has 12 nitrogen and oxygen atoms in total. The van der Waals surface area contributed by atoms with Crippen LogP contribution >= 0.6 is 0 Å². The first-order valence-electron chi connectivity index (χ1n) is 16.4. The molecule has 0 aromatic heterocycles. The Morgan fingerprint density at radius 3 is 2.24 bits per heavy atom. The van der Waals surface area contributed by atoms with Gasteiger partial charge in [0.1, 0.15) is 29.5 Å². The van der Waals surface area contributed by atoms with Crippen LogP contribution in [0.15, 0.2) is 42.5 Å². The molecule has 7 rings (SSSR count). The Morgan fingerprint density at radius 2 is 1.53 bits per heavy atom.